The maximum absolute atomic E-state index is 12.6. The van der Waals surface area contributed by atoms with Crippen LogP contribution in [0, 0.1) is 5.92 Å². The molecule has 0 aliphatic rings. The first-order valence-corrected chi connectivity index (χ1v) is 10.9. The fraction of sp³-hybridized carbons (Fsp3) is 0.357. The molecule has 10 nitrogen and oxygen atoms in total. The van der Waals surface area contributed by atoms with Gasteiger partial charge in [0.2, 0.25) is 27.1 Å². The van der Waals surface area contributed by atoms with Crippen molar-refractivity contribution in [3.8, 4) is 10.7 Å². The minimum atomic E-state index is -3.92. The third kappa shape index (κ3) is 4.37. The lowest BCUT2D eigenvalue weighted by atomic mass is 10.2. The van der Waals surface area contributed by atoms with Crippen molar-refractivity contribution in [1.29, 1.82) is 0 Å². The summed E-state index contributed by atoms with van der Waals surface area (Å²) in [5.41, 5.74) is 0. The Labute approximate surface area is 163 Å². The first-order chi connectivity index (χ1) is 12.8. The van der Waals surface area contributed by atoms with Crippen molar-refractivity contribution in [3.63, 3.8) is 0 Å². The molecule has 0 spiro atoms. The normalized spacial score (nSPS) is 12.0. The van der Waals surface area contributed by atoms with Crippen LogP contribution in [-0.2, 0) is 21.4 Å². The highest BCUT2D eigenvalue weighted by molar-refractivity contribution is 7.91. The highest BCUT2D eigenvalue weighted by Crippen LogP contribution is 2.25. The van der Waals surface area contributed by atoms with Crippen molar-refractivity contribution in [2.45, 2.75) is 24.7 Å². The highest BCUT2D eigenvalue weighted by atomic mass is 32.2. The summed E-state index contributed by atoms with van der Waals surface area (Å²) >= 11 is 2.23. The second kappa shape index (κ2) is 7.80. The van der Waals surface area contributed by atoms with E-state index in [2.05, 4.69) is 25.7 Å². The number of thiophene rings is 1. The predicted molar refractivity (Wildman–Crippen MR) is 99.6 cm³/mol. The van der Waals surface area contributed by atoms with Gasteiger partial charge >= 0.3 is 0 Å². The Morgan fingerprint density at radius 1 is 1.37 bits per heavy atom. The van der Waals surface area contributed by atoms with E-state index >= 15 is 0 Å². The Bertz CT molecular complexity index is 1030. The molecular formula is C14H16N6O4S3. The van der Waals surface area contributed by atoms with Crippen LogP contribution < -0.4 is 5.32 Å². The molecule has 0 radical (unpaired) electrons. The van der Waals surface area contributed by atoms with Crippen molar-refractivity contribution in [2.75, 3.05) is 12.4 Å². The third-order valence-electron chi connectivity index (χ3n) is 3.36. The molecule has 0 unspecified atom stereocenters. The summed E-state index contributed by atoms with van der Waals surface area (Å²) in [4.78, 5) is 16.7. The van der Waals surface area contributed by atoms with Gasteiger partial charge in [-0.05, 0) is 11.4 Å². The second-order valence-electron chi connectivity index (χ2n) is 5.77. The molecule has 144 valence electrons. The van der Waals surface area contributed by atoms with Gasteiger partial charge in [-0.2, -0.15) is 9.29 Å². The minimum absolute atomic E-state index is 0.117. The molecule has 27 heavy (non-hydrogen) atoms. The number of amides is 1. The summed E-state index contributed by atoms with van der Waals surface area (Å²) in [5, 5.41) is 15.8. The Kier molecular flexibility index (Phi) is 5.64. The van der Waals surface area contributed by atoms with Gasteiger partial charge in [0.15, 0.2) is 0 Å². The SMILES string of the molecule is CC(C)C(=O)Nc1nnc(S(=O)(=O)N(C)Cc2nc(-c3cccs3)no2)s1. The number of sulfonamides is 1. The third-order valence-corrected chi connectivity index (χ3v) is 7.21. The van der Waals surface area contributed by atoms with E-state index in [1.54, 1.807) is 13.8 Å². The van der Waals surface area contributed by atoms with Gasteiger partial charge < -0.3 is 9.84 Å². The van der Waals surface area contributed by atoms with Gasteiger partial charge in [0, 0.05) is 13.0 Å². The number of carbonyl (C=O) groups excluding carboxylic acids is 1. The molecule has 13 heteroatoms. The number of nitrogens with one attached hydrogen (secondary N) is 1. The van der Waals surface area contributed by atoms with Gasteiger partial charge in [0.05, 0.1) is 11.4 Å². The molecule has 0 aliphatic heterocycles. The Morgan fingerprint density at radius 3 is 2.81 bits per heavy atom. The van der Waals surface area contributed by atoms with Gasteiger partial charge in [0.25, 0.3) is 10.0 Å². The van der Waals surface area contributed by atoms with Crippen LogP contribution in [0.3, 0.4) is 0 Å². The molecule has 3 aromatic rings. The summed E-state index contributed by atoms with van der Waals surface area (Å²) in [6.07, 6.45) is 0. The average Bonchev–Trinajstić information content (AvgIpc) is 3.35. The molecule has 0 fully saturated rings. The number of nitrogens with zero attached hydrogens (tertiary/aromatic N) is 5. The zero-order valence-corrected chi connectivity index (χ0v) is 17.1. The van der Waals surface area contributed by atoms with E-state index in [4.69, 9.17) is 4.52 Å². The van der Waals surface area contributed by atoms with Crippen LogP contribution in [0.2, 0.25) is 0 Å². The van der Waals surface area contributed by atoms with Crippen LogP contribution in [0.4, 0.5) is 5.13 Å². The second-order valence-corrected chi connectivity index (χ2v) is 9.91. The molecule has 0 aromatic carbocycles. The van der Waals surface area contributed by atoms with Crippen LogP contribution in [0.25, 0.3) is 10.7 Å². The molecule has 0 saturated carbocycles. The standard InChI is InChI=1S/C14H16N6O4S3/c1-8(2)12(21)16-13-17-18-14(26-13)27(22,23)20(3)7-10-15-11(19-24-10)9-5-4-6-25-9/h4-6,8H,7H2,1-3H3,(H,16,17,21). The average molecular weight is 429 g/mol. The fourth-order valence-corrected chi connectivity index (χ4v) is 4.71. The molecule has 0 bridgehead atoms. The molecule has 0 atom stereocenters. The zero-order chi connectivity index (χ0) is 19.6. The van der Waals surface area contributed by atoms with E-state index in [-0.39, 0.29) is 33.7 Å². The Balaban J connectivity index is 1.71. The maximum Gasteiger partial charge on any atom is 0.272 e. The predicted octanol–water partition coefficient (Wildman–Crippen LogP) is 2.06. The van der Waals surface area contributed by atoms with E-state index in [1.165, 1.54) is 18.4 Å². The molecule has 3 rings (SSSR count). The summed E-state index contributed by atoms with van der Waals surface area (Å²) in [7, 11) is -2.54. The first-order valence-electron chi connectivity index (χ1n) is 7.74. The molecule has 3 heterocycles. The lowest BCUT2D eigenvalue weighted by Crippen LogP contribution is -2.26. The van der Waals surface area contributed by atoms with Gasteiger partial charge in [-0.1, -0.05) is 36.4 Å². The summed E-state index contributed by atoms with van der Waals surface area (Å²) in [6.45, 7) is 3.32. The lowest BCUT2D eigenvalue weighted by Gasteiger charge is -2.11. The topological polar surface area (TPSA) is 131 Å². The maximum atomic E-state index is 12.6. The Hall–Kier alpha value is -2.22. The molecule has 3 aromatic heterocycles. The van der Waals surface area contributed by atoms with E-state index in [9.17, 15) is 13.2 Å². The van der Waals surface area contributed by atoms with Crippen LogP contribution in [0.5, 0.6) is 0 Å². The van der Waals surface area contributed by atoms with Crippen molar-refractivity contribution in [2.24, 2.45) is 5.92 Å². The number of hydrogen-bond donors (Lipinski definition) is 1. The molecule has 1 amide bonds. The molecular weight excluding hydrogens is 412 g/mol. The van der Waals surface area contributed by atoms with Crippen LogP contribution in [0.1, 0.15) is 19.7 Å². The zero-order valence-electron chi connectivity index (χ0n) is 14.6. The smallest absolute Gasteiger partial charge is 0.272 e. The molecule has 0 saturated heterocycles. The monoisotopic (exact) mass is 428 g/mol. The van der Waals surface area contributed by atoms with E-state index in [1.807, 2.05) is 17.5 Å². The summed E-state index contributed by atoms with van der Waals surface area (Å²) in [5.74, 6) is 0.0323. The van der Waals surface area contributed by atoms with Gasteiger partial charge in [-0.3, -0.25) is 4.79 Å². The molecule has 1 N–H and O–H groups in total. The van der Waals surface area contributed by atoms with Crippen molar-refractivity contribution < 1.29 is 17.7 Å². The van der Waals surface area contributed by atoms with Gasteiger partial charge in [-0.25, -0.2) is 8.42 Å². The number of aromatic nitrogens is 4. The van der Waals surface area contributed by atoms with Crippen molar-refractivity contribution in [3.05, 3.63) is 23.4 Å². The fourth-order valence-electron chi connectivity index (χ4n) is 1.85. The van der Waals surface area contributed by atoms with Crippen molar-refractivity contribution >= 4 is 43.7 Å². The molecule has 0 aliphatic carbocycles. The highest BCUT2D eigenvalue weighted by Gasteiger charge is 2.28. The number of hydrogen-bond acceptors (Lipinski definition) is 10. The quantitative estimate of drug-likeness (QED) is 0.566. The number of rotatable bonds is 7. The number of carbonyl (C=O) groups is 1. The lowest BCUT2D eigenvalue weighted by molar-refractivity contribution is -0.118. The van der Waals surface area contributed by atoms with Crippen LogP contribution in [-0.4, -0.2) is 46.0 Å². The van der Waals surface area contributed by atoms with Crippen LogP contribution in [0.15, 0.2) is 26.4 Å². The van der Waals surface area contributed by atoms with E-state index in [0.29, 0.717) is 5.82 Å². The minimum Gasteiger partial charge on any atom is -0.337 e. The van der Waals surface area contributed by atoms with Crippen molar-refractivity contribution in [1.82, 2.24) is 24.6 Å². The van der Waals surface area contributed by atoms with E-state index in [0.717, 1.165) is 20.5 Å². The largest absolute Gasteiger partial charge is 0.337 e. The number of anilines is 1. The Morgan fingerprint density at radius 2 is 2.15 bits per heavy atom. The van der Waals surface area contributed by atoms with Crippen LogP contribution >= 0.6 is 22.7 Å². The van der Waals surface area contributed by atoms with E-state index < -0.39 is 10.0 Å². The van der Waals surface area contributed by atoms with Gasteiger partial charge in [-0.15, -0.1) is 21.5 Å². The first kappa shape index (κ1) is 19.5. The van der Waals surface area contributed by atoms with Gasteiger partial charge in [0.1, 0.15) is 0 Å². The summed E-state index contributed by atoms with van der Waals surface area (Å²) < 4.78 is 31.2. The summed E-state index contributed by atoms with van der Waals surface area (Å²) in [6, 6.07) is 3.70.